The summed E-state index contributed by atoms with van der Waals surface area (Å²) in [5.41, 5.74) is 1.07. The number of H-pyrrole nitrogens is 1. The zero-order valence-corrected chi connectivity index (χ0v) is 12.0. The topological polar surface area (TPSA) is 98.2 Å². The summed E-state index contributed by atoms with van der Waals surface area (Å²) in [6.07, 6.45) is 3.07. The third-order valence-electron chi connectivity index (χ3n) is 3.90. The molecule has 0 spiro atoms. The molecular weight excluding hydrogens is 270 g/mol. The van der Waals surface area contributed by atoms with Crippen LogP contribution in [-0.4, -0.2) is 48.6 Å². The molecule has 0 amide bonds. The van der Waals surface area contributed by atoms with E-state index in [4.69, 9.17) is 0 Å². The number of hydrogen-bond acceptors (Lipinski definition) is 6. The quantitative estimate of drug-likeness (QED) is 0.769. The number of pyridine rings is 1. The van der Waals surface area contributed by atoms with Crippen LogP contribution in [-0.2, 0) is 12.1 Å². The SMILES string of the molecule is Cc1ccc(O)c(CN2CCCC(O)(c3cn[nH]n3)C2)n1. The third kappa shape index (κ3) is 2.88. The summed E-state index contributed by atoms with van der Waals surface area (Å²) in [5.74, 6) is 0.191. The highest BCUT2D eigenvalue weighted by molar-refractivity contribution is 5.27. The number of rotatable bonds is 3. The van der Waals surface area contributed by atoms with E-state index < -0.39 is 5.60 Å². The Kier molecular flexibility index (Phi) is 3.60. The van der Waals surface area contributed by atoms with Crippen LogP contribution in [0.15, 0.2) is 18.3 Å². The average Bonchev–Trinajstić information content (AvgIpc) is 2.98. The summed E-state index contributed by atoms with van der Waals surface area (Å²) in [5, 5.41) is 31.0. The molecular formula is C14H19N5O2. The number of aryl methyl sites for hydroxylation is 1. The second-order valence-electron chi connectivity index (χ2n) is 5.62. The molecule has 3 heterocycles. The summed E-state index contributed by atoms with van der Waals surface area (Å²) < 4.78 is 0. The molecule has 21 heavy (non-hydrogen) atoms. The van der Waals surface area contributed by atoms with E-state index in [1.165, 1.54) is 0 Å². The molecule has 0 aliphatic carbocycles. The van der Waals surface area contributed by atoms with E-state index in [-0.39, 0.29) is 5.75 Å². The van der Waals surface area contributed by atoms with Crippen molar-refractivity contribution in [3.05, 3.63) is 35.4 Å². The van der Waals surface area contributed by atoms with Crippen molar-refractivity contribution < 1.29 is 10.2 Å². The standard InChI is InChI=1S/C14H19N5O2/c1-10-3-4-12(20)11(16-10)8-19-6-2-5-14(21,9-19)13-7-15-18-17-13/h3-4,7,20-21H,2,5-6,8-9H2,1H3,(H,15,17,18). The largest absolute Gasteiger partial charge is 0.506 e. The zero-order valence-electron chi connectivity index (χ0n) is 12.0. The van der Waals surface area contributed by atoms with Crippen molar-refractivity contribution in [1.29, 1.82) is 0 Å². The third-order valence-corrected chi connectivity index (χ3v) is 3.90. The van der Waals surface area contributed by atoms with Crippen LogP contribution in [0.5, 0.6) is 5.75 Å². The van der Waals surface area contributed by atoms with Gasteiger partial charge in [-0.05, 0) is 38.4 Å². The van der Waals surface area contributed by atoms with Crippen molar-refractivity contribution in [2.75, 3.05) is 13.1 Å². The molecule has 2 aromatic heterocycles. The number of nitrogens with one attached hydrogen (secondary N) is 1. The van der Waals surface area contributed by atoms with Crippen LogP contribution in [0.1, 0.15) is 29.9 Å². The highest BCUT2D eigenvalue weighted by Gasteiger charge is 2.37. The van der Waals surface area contributed by atoms with Gasteiger partial charge in [0.1, 0.15) is 17.0 Å². The molecule has 7 heteroatoms. The fraction of sp³-hybridized carbons (Fsp3) is 0.500. The van der Waals surface area contributed by atoms with Gasteiger partial charge < -0.3 is 10.2 Å². The molecule has 7 nitrogen and oxygen atoms in total. The van der Waals surface area contributed by atoms with Crippen LogP contribution in [0, 0.1) is 6.92 Å². The Balaban J connectivity index is 1.76. The van der Waals surface area contributed by atoms with Gasteiger partial charge in [0.2, 0.25) is 0 Å². The summed E-state index contributed by atoms with van der Waals surface area (Å²) >= 11 is 0. The normalized spacial score (nSPS) is 23.3. The Morgan fingerprint density at radius 1 is 1.43 bits per heavy atom. The maximum atomic E-state index is 10.8. The summed E-state index contributed by atoms with van der Waals surface area (Å²) in [4.78, 5) is 6.45. The van der Waals surface area contributed by atoms with Gasteiger partial charge in [0.25, 0.3) is 0 Å². The molecule has 2 aromatic rings. The highest BCUT2D eigenvalue weighted by atomic mass is 16.3. The molecule has 112 valence electrons. The summed E-state index contributed by atoms with van der Waals surface area (Å²) in [6.45, 7) is 3.71. The van der Waals surface area contributed by atoms with Crippen molar-refractivity contribution in [1.82, 2.24) is 25.3 Å². The molecule has 0 radical (unpaired) electrons. The van der Waals surface area contributed by atoms with Gasteiger partial charge >= 0.3 is 0 Å². The van der Waals surface area contributed by atoms with E-state index in [2.05, 4.69) is 25.3 Å². The lowest BCUT2D eigenvalue weighted by atomic mass is 9.90. The van der Waals surface area contributed by atoms with Crippen LogP contribution in [0.3, 0.4) is 0 Å². The van der Waals surface area contributed by atoms with Crippen LogP contribution >= 0.6 is 0 Å². The van der Waals surface area contributed by atoms with E-state index in [0.717, 1.165) is 18.7 Å². The number of aromatic nitrogens is 4. The molecule has 0 aromatic carbocycles. The van der Waals surface area contributed by atoms with Crippen molar-refractivity contribution in [3.8, 4) is 5.75 Å². The Hall–Kier alpha value is -1.99. The zero-order chi connectivity index (χ0) is 14.9. The Morgan fingerprint density at radius 3 is 3.05 bits per heavy atom. The number of β-amino-alcohol motifs (C(OH)–C–C–N with tert-alkyl or cyclic N) is 1. The molecule has 1 atom stereocenters. The highest BCUT2D eigenvalue weighted by Crippen LogP contribution is 2.31. The van der Waals surface area contributed by atoms with E-state index in [1.807, 2.05) is 6.92 Å². The smallest absolute Gasteiger partial charge is 0.138 e. The maximum absolute atomic E-state index is 10.8. The van der Waals surface area contributed by atoms with Gasteiger partial charge in [0.05, 0.1) is 11.9 Å². The minimum absolute atomic E-state index is 0.191. The monoisotopic (exact) mass is 289 g/mol. The first-order valence-electron chi connectivity index (χ1n) is 7.03. The van der Waals surface area contributed by atoms with Crippen molar-refractivity contribution >= 4 is 0 Å². The molecule has 1 aliphatic heterocycles. The summed E-state index contributed by atoms with van der Waals surface area (Å²) in [7, 11) is 0. The van der Waals surface area contributed by atoms with Crippen molar-refractivity contribution in [2.45, 2.75) is 31.9 Å². The number of aromatic hydroxyl groups is 1. The van der Waals surface area contributed by atoms with Gasteiger partial charge in [-0.2, -0.15) is 15.4 Å². The van der Waals surface area contributed by atoms with Crippen LogP contribution in [0.25, 0.3) is 0 Å². The Labute approximate surface area is 122 Å². The van der Waals surface area contributed by atoms with E-state index in [9.17, 15) is 10.2 Å². The fourth-order valence-corrected chi connectivity index (χ4v) is 2.82. The number of likely N-dealkylation sites (tertiary alicyclic amines) is 1. The number of aromatic amines is 1. The predicted octanol–water partition coefficient (Wildman–Crippen LogP) is 0.697. The van der Waals surface area contributed by atoms with Crippen molar-refractivity contribution in [2.24, 2.45) is 0 Å². The first-order chi connectivity index (χ1) is 10.1. The first kappa shape index (κ1) is 14.0. The molecule has 1 fully saturated rings. The van der Waals surface area contributed by atoms with E-state index in [0.29, 0.717) is 30.9 Å². The van der Waals surface area contributed by atoms with Crippen molar-refractivity contribution in [3.63, 3.8) is 0 Å². The summed E-state index contributed by atoms with van der Waals surface area (Å²) in [6, 6.07) is 3.44. The average molecular weight is 289 g/mol. The van der Waals surface area contributed by atoms with Crippen LogP contribution in [0.4, 0.5) is 0 Å². The lowest BCUT2D eigenvalue weighted by Gasteiger charge is -2.37. The molecule has 3 N–H and O–H groups in total. The first-order valence-corrected chi connectivity index (χ1v) is 7.03. The minimum Gasteiger partial charge on any atom is -0.506 e. The van der Waals surface area contributed by atoms with Gasteiger partial charge in [-0.3, -0.25) is 9.88 Å². The lowest BCUT2D eigenvalue weighted by Crippen LogP contribution is -2.46. The second-order valence-corrected chi connectivity index (χ2v) is 5.62. The Morgan fingerprint density at radius 2 is 2.29 bits per heavy atom. The molecule has 0 saturated carbocycles. The van der Waals surface area contributed by atoms with E-state index in [1.54, 1.807) is 18.3 Å². The minimum atomic E-state index is -0.995. The van der Waals surface area contributed by atoms with Crippen LogP contribution < -0.4 is 0 Å². The Bertz CT molecular complexity index is 616. The molecule has 1 unspecified atom stereocenters. The lowest BCUT2D eigenvalue weighted by molar-refractivity contribution is -0.0418. The molecule has 1 saturated heterocycles. The number of aliphatic hydroxyl groups is 1. The fourth-order valence-electron chi connectivity index (χ4n) is 2.82. The van der Waals surface area contributed by atoms with Gasteiger partial charge in [0, 0.05) is 18.8 Å². The predicted molar refractivity (Wildman–Crippen MR) is 75.4 cm³/mol. The van der Waals surface area contributed by atoms with Crippen LogP contribution in [0.2, 0.25) is 0 Å². The molecule has 0 bridgehead atoms. The maximum Gasteiger partial charge on any atom is 0.138 e. The van der Waals surface area contributed by atoms with Gasteiger partial charge in [-0.25, -0.2) is 0 Å². The van der Waals surface area contributed by atoms with Gasteiger partial charge in [0.15, 0.2) is 0 Å². The molecule has 1 aliphatic rings. The number of hydrogen-bond donors (Lipinski definition) is 3. The number of nitrogens with zero attached hydrogens (tertiary/aromatic N) is 4. The van der Waals surface area contributed by atoms with Gasteiger partial charge in [-0.1, -0.05) is 0 Å². The van der Waals surface area contributed by atoms with Gasteiger partial charge in [-0.15, -0.1) is 0 Å². The van der Waals surface area contributed by atoms with E-state index >= 15 is 0 Å². The molecule has 3 rings (SSSR count). The number of piperidine rings is 1. The second kappa shape index (κ2) is 5.42.